The maximum Gasteiger partial charge on any atom is 0.408 e. The van der Waals surface area contributed by atoms with Gasteiger partial charge in [0, 0.05) is 0 Å². The van der Waals surface area contributed by atoms with Gasteiger partial charge in [-0.3, -0.25) is 0 Å². The van der Waals surface area contributed by atoms with E-state index in [0.717, 1.165) is 0 Å². The molecular weight excluding hydrogens is 224 g/mol. The Labute approximate surface area is 102 Å². The zero-order valence-electron chi connectivity index (χ0n) is 10.9. The molecule has 1 amide bonds. The highest BCUT2D eigenvalue weighted by Gasteiger charge is 2.23. The number of aliphatic carboxylic acids is 1. The average molecular weight is 246 g/mol. The topological polar surface area (TPSA) is 87.7 Å². The third-order valence-electron chi connectivity index (χ3n) is 1.91. The van der Waals surface area contributed by atoms with Gasteiger partial charge < -0.3 is 20.5 Å². The lowest BCUT2D eigenvalue weighted by Gasteiger charge is -2.21. The molecule has 17 heavy (non-hydrogen) atoms. The number of carboxylic acids is 1. The minimum absolute atomic E-state index is 0.370. The van der Waals surface area contributed by atoms with E-state index in [1.807, 2.05) is 0 Å². The van der Waals surface area contributed by atoms with E-state index in [1.54, 1.807) is 27.8 Å². The molecule has 0 aromatic heterocycles. The van der Waals surface area contributed by atoms with Crippen LogP contribution in [-0.4, -0.2) is 42.4 Å². The summed E-state index contributed by atoms with van der Waals surface area (Å²) in [5, 5.41) is 14.2. The first-order valence-electron chi connectivity index (χ1n) is 5.63. The van der Waals surface area contributed by atoms with Gasteiger partial charge >= 0.3 is 12.1 Å². The fourth-order valence-corrected chi connectivity index (χ4v) is 1.19. The summed E-state index contributed by atoms with van der Waals surface area (Å²) in [5.41, 5.74) is -0.627. The van der Waals surface area contributed by atoms with Crippen LogP contribution < -0.4 is 10.6 Å². The van der Waals surface area contributed by atoms with Gasteiger partial charge in [0.25, 0.3) is 0 Å². The van der Waals surface area contributed by atoms with Gasteiger partial charge in [-0.25, -0.2) is 9.59 Å². The highest BCUT2D eigenvalue weighted by molar-refractivity contribution is 5.79. The molecule has 3 N–H and O–H groups in total. The van der Waals surface area contributed by atoms with E-state index < -0.39 is 23.7 Å². The second-order valence-electron chi connectivity index (χ2n) is 4.78. The Kier molecular flexibility index (Phi) is 6.57. The van der Waals surface area contributed by atoms with Crippen LogP contribution in [0, 0.1) is 0 Å². The molecule has 0 aliphatic heterocycles. The van der Waals surface area contributed by atoms with E-state index in [9.17, 15) is 9.59 Å². The number of nitrogens with one attached hydrogen (secondary N) is 2. The molecule has 0 aromatic rings. The molecule has 0 saturated carbocycles. The van der Waals surface area contributed by atoms with Crippen molar-refractivity contribution in [3.63, 3.8) is 0 Å². The van der Waals surface area contributed by atoms with Crippen molar-refractivity contribution >= 4 is 12.1 Å². The minimum Gasteiger partial charge on any atom is -0.480 e. The number of amides is 1. The molecule has 0 unspecified atom stereocenters. The van der Waals surface area contributed by atoms with Gasteiger partial charge in [-0.2, -0.15) is 0 Å². The molecule has 0 aliphatic carbocycles. The number of rotatable bonds is 6. The molecule has 6 nitrogen and oxygen atoms in total. The van der Waals surface area contributed by atoms with Crippen molar-refractivity contribution in [1.82, 2.24) is 10.6 Å². The summed E-state index contributed by atoms with van der Waals surface area (Å²) in [4.78, 5) is 22.3. The largest absolute Gasteiger partial charge is 0.480 e. The number of ether oxygens (including phenoxy) is 1. The smallest absolute Gasteiger partial charge is 0.408 e. The Balaban J connectivity index is 4.16. The normalized spacial score (nSPS) is 12.9. The van der Waals surface area contributed by atoms with Crippen molar-refractivity contribution in [3.05, 3.63) is 0 Å². The van der Waals surface area contributed by atoms with Crippen molar-refractivity contribution in [1.29, 1.82) is 0 Å². The third kappa shape index (κ3) is 8.50. The van der Waals surface area contributed by atoms with Gasteiger partial charge in [-0.15, -0.1) is 0 Å². The number of carbonyl (C=O) groups is 2. The van der Waals surface area contributed by atoms with E-state index in [0.29, 0.717) is 19.4 Å². The predicted molar refractivity (Wildman–Crippen MR) is 64.0 cm³/mol. The molecular formula is C11H22N2O4. The van der Waals surface area contributed by atoms with Crippen molar-refractivity contribution in [3.8, 4) is 0 Å². The molecule has 0 rings (SSSR count). The Morgan fingerprint density at radius 2 is 1.94 bits per heavy atom. The van der Waals surface area contributed by atoms with Gasteiger partial charge in [0.2, 0.25) is 0 Å². The predicted octanol–water partition coefficient (Wildman–Crippen LogP) is 0.964. The lowest BCUT2D eigenvalue weighted by Crippen LogP contribution is -2.43. The fourth-order valence-electron chi connectivity index (χ4n) is 1.19. The molecule has 0 saturated heterocycles. The van der Waals surface area contributed by atoms with Gasteiger partial charge in [0.05, 0.1) is 0 Å². The molecule has 6 heteroatoms. The van der Waals surface area contributed by atoms with E-state index in [-0.39, 0.29) is 0 Å². The van der Waals surface area contributed by atoms with Crippen LogP contribution in [0.4, 0.5) is 4.79 Å². The van der Waals surface area contributed by atoms with Crippen LogP contribution in [0.5, 0.6) is 0 Å². The summed E-state index contributed by atoms with van der Waals surface area (Å²) in [6.45, 7) is 5.88. The minimum atomic E-state index is -1.05. The van der Waals surface area contributed by atoms with Gasteiger partial charge in [-0.05, 0) is 47.2 Å². The van der Waals surface area contributed by atoms with Crippen LogP contribution in [0.15, 0.2) is 0 Å². The lowest BCUT2D eigenvalue weighted by atomic mass is 10.1. The molecule has 0 aliphatic rings. The number of carboxylic acid groups (broad SMARTS) is 1. The summed E-state index contributed by atoms with van der Waals surface area (Å²) >= 11 is 0. The summed E-state index contributed by atoms with van der Waals surface area (Å²) in [6, 6.07) is -0.904. The Morgan fingerprint density at radius 1 is 1.35 bits per heavy atom. The van der Waals surface area contributed by atoms with E-state index in [1.165, 1.54) is 0 Å². The quantitative estimate of drug-likeness (QED) is 0.608. The molecule has 0 bridgehead atoms. The molecule has 100 valence electrons. The van der Waals surface area contributed by atoms with E-state index in [2.05, 4.69) is 10.6 Å². The monoisotopic (exact) mass is 246 g/mol. The summed E-state index contributed by atoms with van der Waals surface area (Å²) in [7, 11) is 1.79. The number of hydrogen-bond donors (Lipinski definition) is 3. The van der Waals surface area contributed by atoms with Crippen molar-refractivity contribution in [2.45, 2.75) is 45.3 Å². The fraction of sp³-hybridized carbons (Fsp3) is 0.818. The Hall–Kier alpha value is -1.30. The number of alkyl carbamates (subject to hydrolysis) is 1. The standard InChI is InChI=1S/C11H22N2O4/c1-11(2,3)17-10(16)13-8(9(14)15)6-5-7-12-4/h8,12H,5-7H2,1-4H3,(H,13,16)(H,14,15)/t8-/m0/s1. The molecule has 0 spiro atoms. The summed E-state index contributed by atoms with van der Waals surface area (Å²) in [6.07, 6.45) is 0.341. The summed E-state index contributed by atoms with van der Waals surface area (Å²) < 4.78 is 5.00. The second-order valence-corrected chi connectivity index (χ2v) is 4.78. The molecule has 0 fully saturated rings. The molecule has 1 atom stereocenters. The maximum absolute atomic E-state index is 11.4. The van der Waals surface area contributed by atoms with Gasteiger partial charge in [0.1, 0.15) is 11.6 Å². The summed E-state index contributed by atoms with van der Waals surface area (Å²) in [5.74, 6) is -1.05. The zero-order chi connectivity index (χ0) is 13.5. The van der Waals surface area contributed by atoms with E-state index >= 15 is 0 Å². The van der Waals surface area contributed by atoms with Crippen LogP contribution in [0.2, 0.25) is 0 Å². The average Bonchev–Trinajstić information content (AvgIpc) is 2.13. The van der Waals surface area contributed by atoms with Gasteiger partial charge in [0.15, 0.2) is 0 Å². The van der Waals surface area contributed by atoms with Crippen LogP contribution in [0.25, 0.3) is 0 Å². The third-order valence-corrected chi connectivity index (χ3v) is 1.91. The first-order chi connectivity index (χ1) is 7.76. The van der Waals surface area contributed by atoms with Crippen molar-refractivity contribution in [2.24, 2.45) is 0 Å². The Bertz CT molecular complexity index is 261. The highest BCUT2D eigenvalue weighted by Crippen LogP contribution is 2.07. The first-order valence-corrected chi connectivity index (χ1v) is 5.63. The second kappa shape index (κ2) is 7.11. The van der Waals surface area contributed by atoms with Gasteiger partial charge in [-0.1, -0.05) is 0 Å². The zero-order valence-corrected chi connectivity index (χ0v) is 10.9. The van der Waals surface area contributed by atoms with Crippen LogP contribution in [0.3, 0.4) is 0 Å². The highest BCUT2D eigenvalue weighted by atomic mass is 16.6. The SMILES string of the molecule is CNCCC[C@H](NC(=O)OC(C)(C)C)C(=O)O. The van der Waals surface area contributed by atoms with Crippen molar-refractivity contribution in [2.75, 3.05) is 13.6 Å². The Morgan fingerprint density at radius 3 is 2.35 bits per heavy atom. The van der Waals surface area contributed by atoms with Crippen LogP contribution >= 0.6 is 0 Å². The molecule has 0 aromatic carbocycles. The number of carbonyl (C=O) groups excluding carboxylic acids is 1. The van der Waals surface area contributed by atoms with E-state index in [4.69, 9.17) is 9.84 Å². The van der Waals surface area contributed by atoms with Crippen LogP contribution in [-0.2, 0) is 9.53 Å². The first kappa shape index (κ1) is 15.7. The number of hydrogen-bond acceptors (Lipinski definition) is 4. The van der Waals surface area contributed by atoms with Crippen molar-refractivity contribution < 1.29 is 19.4 Å². The van der Waals surface area contributed by atoms with Crippen LogP contribution in [0.1, 0.15) is 33.6 Å². The molecule has 0 heterocycles. The maximum atomic E-state index is 11.4. The molecule has 0 radical (unpaired) electrons. The lowest BCUT2D eigenvalue weighted by molar-refractivity contribution is -0.139.